The van der Waals surface area contributed by atoms with Crippen LogP contribution >= 0.6 is 0 Å². The predicted molar refractivity (Wildman–Crippen MR) is 82.2 cm³/mol. The fraction of sp³-hybridized carbons (Fsp3) is 0.571. The second-order valence-electron chi connectivity index (χ2n) is 5.62. The summed E-state index contributed by atoms with van der Waals surface area (Å²) in [5, 5.41) is 0. The third-order valence-corrected chi connectivity index (χ3v) is 5.29. The Morgan fingerprint density at radius 1 is 1.45 bits per heavy atom. The fourth-order valence-corrected chi connectivity index (χ4v) is 3.28. The van der Waals surface area contributed by atoms with E-state index < -0.39 is 10.0 Å². The van der Waals surface area contributed by atoms with Gasteiger partial charge in [0.05, 0.1) is 11.9 Å². The highest BCUT2D eigenvalue weighted by molar-refractivity contribution is 7.92. The average Bonchev–Trinajstić information content (AvgIpc) is 2.78. The van der Waals surface area contributed by atoms with Crippen LogP contribution in [0.15, 0.2) is 24.3 Å². The first kappa shape index (κ1) is 15.3. The lowest BCUT2D eigenvalue weighted by molar-refractivity contribution is 0.314. The summed E-state index contributed by atoms with van der Waals surface area (Å²) >= 11 is 0. The van der Waals surface area contributed by atoms with Crippen LogP contribution in [0.2, 0.25) is 0 Å². The van der Waals surface area contributed by atoms with Gasteiger partial charge in [0.25, 0.3) is 0 Å². The highest BCUT2D eigenvalue weighted by Gasteiger charge is 2.30. The fourth-order valence-electron chi connectivity index (χ4n) is 2.79. The number of hydrogen-bond donors (Lipinski definition) is 1. The lowest BCUT2D eigenvalue weighted by Gasteiger charge is -2.22. The SMILES string of the molecule is CN1CC(CN)CC1c1cccc(N(C)S(C)(=O)=O)c1. The van der Waals surface area contributed by atoms with Crippen LogP contribution in [0.4, 0.5) is 5.69 Å². The van der Waals surface area contributed by atoms with Crippen LogP contribution in [0.25, 0.3) is 0 Å². The predicted octanol–water partition coefficient (Wildman–Crippen LogP) is 1.03. The molecule has 20 heavy (non-hydrogen) atoms. The van der Waals surface area contributed by atoms with Gasteiger partial charge in [-0.3, -0.25) is 9.21 Å². The van der Waals surface area contributed by atoms with Crippen LogP contribution in [-0.2, 0) is 10.0 Å². The molecular formula is C14H23N3O2S. The van der Waals surface area contributed by atoms with Gasteiger partial charge in [0.2, 0.25) is 10.0 Å². The Hall–Kier alpha value is -1.11. The third kappa shape index (κ3) is 3.13. The van der Waals surface area contributed by atoms with E-state index in [2.05, 4.69) is 18.0 Å². The lowest BCUT2D eigenvalue weighted by atomic mass is 9.99. The molecule has 0 radical (unpaired) electrons. The molecule has 1 aliphatic rings. The van der Waals surface area contributed by atoms with Crippen LogP contribution in [0.1, 0.15) is 18.0 Å². The summed E-state index contributed by atoms with van der Waals surface area (Å²) in [7, 11) is 0.444. The number of rotatable bonds is 4. The van der Waals surface area contributed by atoms with Gasteiger partial charge in [-0.25, -0.2) is 8.42 Å². The van der Waals surface area contributed by atoms with E-state index >= 15 is 0 Å². The smallest absolute Gasteiger partial charge is 0.231 e. The van der Waals surface area contributed by atoms with Gasteiger partial charge in [0.1, 0.15) is 0 Å². The monoisotopic (exact) mass is 297 g/mol. The van der Waals surface area contributed by atoms with E-state index in [0.29, 0.717) is 24.2 Å². The number of nitrogens with zero attached hydrogens (tertiary/aromatic N) is 2. The van der Waals surface area contributed by atoms with Gasteiger partial charge in [-0.15, -0.1) is 0 Å². The molecule has 1 aliphatic heterocycles. The number of sulfonamides is 1. The van der Waals surface area contributed by atoms with Crippen molar-refractivity contribution >= 4 is 15.7 Å². The van der Waals surface area contributed by atoms with Gasteiger partial charge in [0, 0.05) is 19.6 Å². The minimum Gasteiger partial charge on any atom is -0.330 e. The molecule has 1 heterocycles. The van der Waals surface area contributed by atoms with Crippen molar-refractivity contribution in [1.29, 1.82) is 0 Å². The van der Waals surface area contributed by atoms with E-state index in [1.54, 1.807) is 7.05 Å². The first-order valence-electron chi connectivity index (χ1n) is 6.77. The van der Waals surface area contributed by atoms with Gasteiger partial charge >= 0.3 is 0 Å². The highest BCUT2D eigenvalue weighted by atomic mass is 32.2. The van der Waals surface area contributed by atoms with Gasteiger partial charge in [-0.1, -0.05) is 12.1 Å². The second-order valence-corrected chi connectivity index (χ2v) is 7.63. The maximum atomic E-state index is 11.6. The first-order valence-corrected chi connectivity index (χ1v) is 8.62. The Kier molecular flexibility index (Phi) is 4.36. The van der Waals surface area contributed by atoms with Gasteiger partial charge in [-0.2, -0.15) is 0 Å². The number of nitrogens with two attached hydrogens (primary N) is 1. The molecule has 1 aromatic rings. The molecule has 6 heteroatoms. The maximum Gasteiger partial charge on any atom is 0.231 e. The largest absolute Gasteiger partial charge is 0.330 e. The molecule has 112 valence electrons. The Labute approximate surface area is 121 Å². The summed E-state index contributed by atoms with van der Waals surface area (Å²) in [6.07, 6.45) is 2.24. The Morgan fingerprint density at radius 3 is 2.70 bits per heavy atom. The average molecular weight is 297 g/mol. The maximum absolute atomic E-state index is 11.6. The summed E-state index contributed by atoms with van der Waals surface area (Å²) in [4.78, 5) is 2.29. The molecule has 2 rings (SSSR count). The van der Waals surface area contributed by atoms with Gasteiger partial charge in [-0.05, 0) is 43.6 Å². The molecule has 0 saturated carbocycles. The van der Waals surface area contributed by atoms with E-state index in [0.717, 1.165) is 18.5 Å². The topological polar surface area (TPSA) is 66.6 Å². The van der Waals surface area contributed by atoms with Crippen molar-refractivity contribution in [2.24, 2.45) is 11.7 Å². The van der Waals surface area contributed by atoms with E-state index in [1.807, 2.05) is 18.2 Å². The quantitative estimate of drug-likeness (QED) is 0.901. The number of benzene rings is 1. The van der Waals surface area contributed by atoms with E-state index in [1.165, 1.54) is 10.6 Å². The number of hydrogen-bond acceptors (Lipinski definition) is 4. The molecule has 0 amide bonds. The van der Waals surface area contributed by atoms with Crippen LogP contribution < -0.4 is 10.0 Å². The van der Waals surface area contributed by atoms with Crippen molar-refractivity contribution in [3.05, 3.63) is 29.8 Å². The zero-order valence-corrected chi connectivity index (χ0v) is 13.1. The van der Waals surface area contributed by atoms with Gasteiger partial charge < -0.3 is 5.73 Å². The Balaban J connectivity index is 2.27. The van der Waals surface area contributed by atoms with Crippen molar-refractivity contribution in [2.45, 2.75) is 12.5 Å². The summed E-state index contributed by atoms with van der Waals surface area (Å²) < 4.78 is 24.6. The van der Waals surface area contributed by atoms with Crippen LogP contribution in [0, 0.1) is 5.92 Å². The Bertz CT molecular complexity index is 574. The lowest BCUT2D eigenvalue weighted by Crippen LogP contribution is -2.25. The number of likely N-dealkylation sites (tertiary alicyclic amines) is 1. The van der Waals surface area contributed by atoms with E-state index in [-0.39, 0.29) is 0 Å². The first-order chi connectivity index (χ1) is 9.32. The molecule has 1 saturated heterocycles. The molecular weight excluding hydrogens is 274 g/mol. The molecule has 0 aliphatic carbocycles. The summed E-state index contributed by atoms with van der Waals surface area (Å²) in [6.45, 7) is 1.69. The minimum atomic E-state index is -3.23. The van der Waals surface area contributed by atoms with E-state index in [9.17, 15) is 8.42 Å². The molecule has 1 fully saturated rings. The normalized spacial score (nSPS) is 24.0. The highest BCUT2D eigenvalue weighted by Crippen LogP contribution is 2.35. The van der Waals surface area contributed by atoms with Crippen LogP contribution in [0.5, 0.6) is 0 Å². The van der Waals surface area contributed by atoms with E-state index in [4.69, 9.17) is 5.73 Å². The second kappa shape index (κ2) is 5.71. The third-order valence-electron chi connectivity index (χ3n) is 4.08. The molecule has 0 spiro atoms. The zero-order valence-electron chi connectivity index (χ0n) is 12.3. The molecule has 2 unspecified atom stereocenters. The van der Waals surface area contributed by atoms with Crippen molar-refractivity contribution in [2.75, 3.05) is 37.7 Å². The summed E-state index contributed by atoms with van der Waals surface area (Å²) in [5.74, 6) is 0.515. The van der Waals surface area contributed by atoms with Crippen molar-refractivity contribution < 1.29 is 8.42 Å². The van der Waals surface area contributed by atoms with Crippen molar-refractivity contribution in [1.82, 2.24) is 4.90 Å². The molecule has 2 N–H and O–H groups in total. The number of anilines is 1. The molecule has 1 aromatic carbocycles. The Morgan fingerprint density at radius 2 is 2.15 bits per heavy atom. The molecule has 0 bridgehead atoms. The molecule has 5 nitrogen and oxygen atoms in total. The molecule has 0 aromatic heterocycles. The van der Waals surface area contributed by atoms with Crippen LogP contribution in [-0.4, -0.2) is 46.8 Å². The molecule has 2 atom stereocenters. The minimum absolute atomic E-state index is 0.316. The standard InChI is InChI=1S/C14H23N3O2S/c1-16-10-11(9-15)7-14(16)12-5-4-6-13(8-12)17(2)20(3,18)19/h4-6,8,11,14H,7,9-10,15H2,1-3H3. The summed E-state index contributed by atoms with van der Waals surface area (Å²) in [6, 6.07) is 8.06. The van der Waals surface area contributed by atoms with Crippen molar-refractivity contribution in [3.8, 4) is 0 Å². The zero-order chi connectivity index (χ0) is 14.9. The summed E-state index contributed by atoms with van der Waals surface area (Å²) in [5.41, 5.74) is 7.61. The van der Waals surface area contributed by atoms with Crippen molar-refractivity contribution in [3.63, 3.8) is 0 Å². The van der Waals surface area contributed by atoms with Crippen LogP contribution in [0.3, 0.4) is 0 Å². The van der Waals surface area contributed by atoms with Gasteiger partial charge in [0.15, 0.2) is 0 Å².